The molecule has 0 spiro atoms. The third kappa shape index (κ3) is 3.40. The van der Waals surface area contributed by atoms with Gasteiger partial charge < -0.3 is 14.4 Å². The van der Waals surface area contributed by atoms with Crippen LogP contribution in [-0.4, -0.2) is 55.7 Å². The molecule has 0 aliphatic carbocycles. The first-order chi connectivity index (χ1) is 14.5. The molecule has 0 radical (unpaired) electrons. The summed E-state index contributed by atoms with van der Waals surface area (Å²) in [6.07, 6.45) is 3.49. The fraction of sp³-hybridized carbons (Fsp3) is 0.429. The second-order valence-electron chi connectivity index (χ2n) is 7.31. The van der Waals surface area contributed by atoms with Crippen LogP contribution in [0.3, 0.4) is 0 Å². The molecule has 9 heteroatoms. The van der Waals surface area contributed by atoms with Gasteiger partial charge in [0.2, 0.25) is 5.91 Å². The van der Waals surface area contributed by atoms with Crippen LogP contribution in [-0.2, 0) is 24.4 Å². The number of piperazine rings is 1. The van der Waals surface area contributed by atoms with Crippen LogP contribution in [0.1, 0.15) is 13.8 Å². The van der Waals surface area contributed by atoms with Gasteiger partial charge in [-0.2, -0.15) is 0 Å². The average Bonchev–Trinajstić information content (AvgIpc) is 3.19. The predicted octanol–water partition coefficient (Wildman–Crippen LogP) is 0.748. The van der Waals surface area contributed by atoms with Gasteiger partial charge in [0.05, 0.1) is 5.39 Å². The van der Waals surface area contributed by atoms with Crippen LogP contribution in [0.5, 0.6) is 0 Å². The molecule has 0 saturated carbocycles. The van der Waals surface area contributed by atoms with Crippen molar-refractivity contribution in [1.29, 1.82) is 0 Å². The van der Waals surface area contributed by atoms with E-state index in [2.05, 4.69) is 9.88 Å². The minimum Gasteiger partial charge on any atom is -0.353 e. The fourth-order valence-corrected chi connectivity index (χ4v) is 4.06. The van der Waals surface area contributed by atoms with Crippen molar-refractivity contribution in [2.45, 2.75) is 33.5 Å². The number of aryl methyl sites for hydroxylation is 1. The zero-order chi connectivity index (χ0) is 21.3. The zero-order valence-corrected chi connectivity index (χ0v) is 17.3. The Hall–Kier alpha value is -3.36. The van der Waals surface area contributed by atoms with Crippen molar-refractivity contribution in [3.8, 4) is 0 Å². The number of anilines is 1. The normalized spacial score (nSPS) is 14.5. The smallest absolute Gasteiger partial charge is 0.332 e. The number of aromatic nitrogens is 4. The number of rotatable bonds is 5. The van der Waals surface area contributed by atoms with E-state index in [1.54, 1.807) is 34.5 Å². The molecule has 1 fully saturated rings. The summed E-state index contributed by atoms with van der Waals surface area (Å²) in [5.41, 5.74) is -0.135. The van der Waals surface area contributed by atoms with E-state index >= 15 is 0 Å². The highest BCUT2D eigenvalue weighted by atomic mass is 16.2. The van der Waals surface area contributed by atoms with Crippen molar-refractivity contribution >= 4 is 22.8 Å². The second kappa shape index (κ2) is 8.17. The molecule has 3 aromatic heterocycles. The molecule has 1 aliphatic heterocycles. The highest BCUT2D eigenvalue weighted by Gasteiger charge is 2.23. The van der Waals surface area contributed by atoms with Gasteiger partial charge in [0.1, 0.15) is 18.0 Å². The summed E-state index contributed by atoms with van der Waals surface area (Å²) >= 11 is 0. The summed E-state index contributed by atoms with van der Waals surface area (Å²) in [6, 6.07) is 7.50. The van der Waals surface area contributed by atoms with Crippen LogP contribution in [0, 0.1) is 0 Å². The van der Waals surface area contributed by atoms with Crippen molar-refractivity contribution in [3.63, 3.8) is 0 Å². The minimum absolute atomic E-state index is 0.0251. The van der Waals surface area contributed by atoms with Gasteiger partial charge in [-0.15, -0.1) is 0 Å². The van der Waals surface area contributed by atoms with Crippen LogP contribution in [0.2, 0.25) is 0 Å². The van der Waals surface area contributed by atoms with E-state index in [0.717, 1.165) is 18.9 Å². The molecule has 1 saturated heterocycles. The molecular weight excluding hydrogens is 384 g/mol. The van der Waals surface area contributed by atoms with Crippen molar-refractivity contribution < 1.29 is 4.79 Å². The number of amides is 1. The maximum absolute atomic E-state index is 12.9. The summed E-state index contributed by atoms with van der Waals surface area (Å²) in [4.78, 5) is 46.6. The summed E-state index contributed by atoms with van der Waals surface area (Å²) in [6.45, 7) is 7.14. The second-order valence-corrected chi connectivity index (χ2v) is 7.31. The molecule has 0 atom stereocenters. The van der Waals surface area contributed by atoms with E-state index in [1.165, 1.54) is 4.57 Å². The molecule has 0 bridgehead atoms. The van der Waals surface area contributed by atoms with E-state index in [-0.39, 0.29) is 23.7 Å². The number of carbonyl (C=O) groups excluding carboxylic acids is 1. The van der Waals surface area contributed by atoms with E-state index in [1.807, 2.05) is 30.0 Å². The first-order valence-electron chi connectivity index (χ1n) is 10.3. The lowest BCUT2D eigenvalue weighted by Gasteiger charge is -2.35. The molecule has 9 nitrogen and oxygen atoms in total. The Morgan fingerprint density at radius 1 is 1.00 bits per heavy atom. The van der Waals surface area contributed by atoms with E-state index < -0.39 is 0 Å². The number of fused-ring (bicyclic) bond motifs is 1. The quantitative estimate of drug-likeness (QED) is 0.620. The first kappa shape index (κ1) is 19.9. The number of hydrogen-bond donors (Lipinski definition) is 0. The summed E-state index contributed by atoms with van der Waals surface area (Å²) in [5.74, 6) is 0.892. The molecule has 0 aromatic carbocycles. The number of hydrogen-bond acceptors (Lipinski definition) is 5. The topological polar surface area (TPSA) is 85.4 Å². The van der Waals surface area contributed by atoms with Gasteiger partial charge in [-0.25, -0.2) is 9.78 Å². The van der Waals surface area contributed by atoms with E-state index in [0.29, 0.717) is 37.2 Å². The highest BCUT2D eigenvalue weighted by Crippen LogP contribution is 2.15. The van der Waals surface area contributed by atoms with Gasteiger partial charge in [-0.3, -0.25) is 18.7 Å². The Bertz CT molecular complexity index is 1170. The summed E-state index contributed by atoms with van der Waals surface area (Å²) in [5, 5.41) is 0.464. The van der Waals surface area contributed by atoms with Gasteiger partial charge in [0, 0.05) is 51.7 Å². The highest BCUT2D eigenvalue weighted by molar-refractivity contribution is 5.81. The van der Waals surface area contributed by atoms with Crippen molar-refractivity contribution in [2.24, 2.45) is 0 Å². The number of carbonyl (C=O) groups is 1. The number of pyridine rings is 1. The molecule has 0 unspecified atom stereocenters. The Morgan fingerprint density at radius 2 is 1.73 bits per heavy atom. The standard InChI is InChI=1S/C21H26N6O3/c1-3-26-19-16(20(29)27(4-2)21(26)30)8-10-25(19)15-18(28)24-13-11-23(12-14-24)17-7-5-6-9-22-17/h5-10H,3-4,11-15H2,1-2H3. The van der Waals surface area contributed by atoms with Gasteiger partial charge in [0.25, 0.3) is 5.56 Å². The van der Waals surface area contributed by atoms with Crippen LogP contribution in [0.15, 0.2) is 46.2 Å². The van der Waals surface area contributed by atoms with Gasteiger partial charge in [-0.05, 0) is 32.0 Å². The lowest BCUT2D eigenvalue weighted by Crippen LogP contribution is -2.50. The van der Waals surface area contributed by atoms with Crippen LogP contribution in [0.4, 0.5) is 5.82 Å². The monoisotopic (exact) mass is 410 g/mol. The lowest BCUT2D eigenvalue weighted by atomic mass is 10.3. The molecule has 0 N–H and O–H groups in total. The molecule has 1 amide bonds. The Labute approximate surface area is 173 Å². The SMILES string of the molecule is CCn1c(=O)c2ccn(CC(=O)N3CCN(c4ccccn4)CC3)c2n(CC)c1=O. The summed E-state index contributed by atoms with van der Waals surface area (Å²) in [7, 11) is 0. The molecule has 30 heavy (non-hydrogen) atoms. The van der Waals surface area contributed by atoms with Crippen molar-refractivity contribution in [3.05, 3.63) is 57.5 Å². The molecule has 4 heterocycles. The predicted molar refractivity (Wildman–Crippen MR) is 115 cm³/mol. The average molecular weight is 410 g/mol. The minimum atomic E-state index is -0.339. The third-order valence-corrected chi connectivity index (χ3v) is 5.67. The third-order valence-electron chi connectivity index (χ3n) is 5.67. The fourth-order valence-electron chi connectivity index (χ4n) is 4.06. The Morgan fingerprint density at radius 3 is 2.37 bits per heavy atom. The Balaban J connectivity index is 1.54. The van der Waals surface area contributed by atoms with Crippen molar-refractivity contribution in [2.75, 3.05) is 31.1 Å². The van der Waals surface area contributed by atoms with Crippen LogP contribution in [0.25, 0.3) is 11.0 Å². The maximum Gasteiger partial charge on any atom is 0.332 e. The van der Waals surface area contributed by atoms with Crippen molar-refractivity contribution in [1.82, 2.24) is 23.6 Å². The molecule has 3 aromatic rings. The maximum atomic E-state index is 12.9. The molecule has 158 valence electrons. The van der Waals surface area contributed by atoms with Gasteiger partial charge in [-0.1, -0.05) is 6.07 Å². The van der Waals surface area contributed by atoms with E-state index in [9.17, 15) is 14.4 Å². The molecule has 4 rings (SSSR count). The van der Waals surface area contributed by atoms with Crippen LogP contribution < -0.4 is 16.1 Å². The summed E-state index contributed by atoms with van der Waals surface area (Å²) < 4.78 is 4.51. The van der Waals surface area contributed by atoms with E-state index in [4.69, 9.17) is 0 Å². The first-order valence-corrected chi connectivity index (χ1v) is 10.3. The Kier molecular flexibility index (Phi) is 5.43. The van der Waals surface area contributed by atoms with Crippen LogP contribution >= 0.6 is 0 Å². The number of nitrogens with zero attached hydrogens (tertiary/aromatic N) is 6. The largest absolute Gasteiger partial charge is 0.353 e. The molecular formula is C21H26N6O3. The molecule has 1 aliphatic rings. The zero-order valence-electron chi connectivity index (χ0n) is 17.3. The lowest BCUT2D eigenvalue weighted by molar-refractivity contribution is -0.132. The van der Waals surface area contributed by atoms with Gasteiger partial charge in [0.15, 0.2) is 0 Å². The van der Waals surface area contributed by atoms with Gasteiger partial charge >= 0.3 is 5.69 Å².